The van der Waals surface area contributed by atoms with Crippen molar-refractivity contribution < 1.29 is 14.3 Å². The van der Waals surface area contributed by atoms with Crippen molar-refractivity contribution in [3.8, 4) is 5.75 Å². The summed E-state index contributed by atoms with van der Waals surface area (Å²) in [5, 5.41) is 2.79. The molecule has 0 aliphatic carbocycles. The minimum Gasteiger partial charge on any atom is -0.495 e. The largest absolute Gasteiger partial charge is 0.495 e. The van der Waals surface area contributed by atoms with Crippen LogP contribution in [0.5, 0.6) is 5.75 Å². The van der Waals surface area contributed by atoms with Crippen LogP contribution in [0.25, 0.3) is 6.08 Å². The second-order valence-corrected chi connectivity index (χ2v) is 5.84. The van der Waals surface area contributed by atoms with Crippen molar-refractivity contribution in [1.29, 1.82) is 0 Å². The van der Waals surface area contributed by atoms with Crippen LogP contribution < -0.4 is 10.1 Å². The molecule has 0 unspecified atom stereocenters. The van der Waals surface area contributed by atoms with Gasteiger partial charge in [-0.25, -0.2) is 4.79 Å². The minimum absolute atomic E-state index is 0.00494. The summed E-state index contributed by atoms with van der Waals surface area (Å²) in [5.74, 6) is 0.720. The molecule has 1 aromatic heterocycles. The van der Waals surface area contributed by atoms with E-state index in [4.69, 9.17) is 9.47 Å². The van der Waals surface area contributed by atoms with Gasteiger partial charge in [0.25, 0.3) is 0 Å². The lowest BCUT2D eigenvalue weighted by Gasteiger charge is -2.21. The molecule has 1 amide bonds. The summed E-state index contributed by atoms with van der Waals surface area (Å²) in [6.45, 7) is 7.45. The highest BCUT2D eigenvalue weighted by Gasteiger charge is 2.17. The molecule has 0 aromatic carbocycles. The number of carbonyl (C=O) groups excluding carboxylic acids is 1. The maximum Gasteiger partial charge on any atom is 0.407 e. The Morgan fingerprint density at radius 3 is 2.76 bits per heavy atom. The number of hydrogen-bond donors (Lipinski definition) is 1. The van der Waals surface area contributed by atoms with Gasteiger partial charge in [0.1, 0.15) is 11.4 Å². The van der Waals surface area contributed by atoms with Crippen molar-refractivity contribution in [3.63, 3.8) is 0 Å². The fraction of sp³-hybridized carbons (Fsp3) is 0.500. The second kappa shape index (κ2) is 7.67. The van der Waals surface area contributed by atoms with Gasteiger partial charge in [-0.1, -0.05) is 12.2 Å². The van der Waals surface area contributed by atoms with E-state index in [0.717, 1.165) is 11.3 Å². The van der Waals surface area contributed by atoms with E-state index in [9.17, 15) is 4.79 Å². The Morgan fingerprint density at radius 1 is 1.43 bits per heavy atom. The molecule has 0 aliphatic rings. The number of nitrogens with zero attached hydrogens (tertiary/aromatic N) is 1. The van der Waals surface area contributed by atoms with Crippen molar-refractivity contribution in [3.05, 3.63) is 30.1 Å². The first-order chi connectivity index (χ1) is 9.80. The fourth-order valence-corrected chi connectivity index (χ4v) is 1.61. The fourth-order valence-electron chi connectivity index (χ4n) is 1.61. The highest BCUT2D eigenvalue weighted by molar-refractivity contribution is 5.68. The van der Waals surface area contributed by atoms with Gasteiger partial charge in [0, 0.05) is 12.2 Å². The van der Waals surface area contributed by atoms with Crippen LogP contribution in [-0.2, 0) is 4.74 Å². The molecule has 0 fully saturated rings. The molecule has 116 valence electrons. The predicted octanol–water partition coefficient (Wildman–Crippen LogP) is 3.41. The second-order valence-electron chi connectivity index (χ2n) is 5.84. The molecule has 1 rings (SSSR count). The van der Waals surface area contributed by atoms with Crippen molar-refractivity contribution in [2.75, 3.05) is 7.11 Å². The molecule has 0 saturated heterocycles. The van der Waals surface area contributed by atoms with Gasteiger partial charge in [-0.15, -0.1) is 0 Å². The molecule has 5 heteroatoms. The van der Waals surface area contributed by atoms with Crippen molar-refractivity contribution >= 4 is 12.2 Å². The Hall–Kier alpha value is -2.04. The quantitative estimate of drug-likeness (QED) is 0.903. The lowest BCUT2D eigenvalue weighted by molar-refractivity contribution is 0.0509. The van der Waals surface area contributed by atoms with E-state index in [-0.39, 0.29) is 6.04 Å². The number of amides is 1. The van der Waals surface area contributed by atoms with E-state index >= 15 is 0 Å². The Morgan fingerprint density at radius 2 is 2.14 bits per heavy atom. The number of ether oxygens (including phenoxy) is 2. The highest BCUT2D eigenvalue weighted by atomic mass is 16.6. The summed E-state index contributed by atoms with van der Waals surface area (Å²) in [4.78, 5) is 15.7. The third-order valence-corrected chi connectivity index (χ3v) is 2.53. The van der Waals surface area contributed by atoms with Crippen LogP contribution in [0, 0.1) is 0 Å². The maximum atomic E-state index is 11.6. The number of carbonyl (C=O) groups is 1. The van der Waals surface area contributed by atoms with Crippen LogP contribution in [0.1, 0.15) is 39.7 Å². The van der Waals surface area contributed by atoms with Gasteiger partial charge >= 0.3 is 6.09 Å². The van der Waals surface area contributed by atoms with Gasteiger partial charge in [0.15, 0.2) is 0 Å². The molecule has 0 aliphatic heterocycles. The number of rotatable bonds is 5. The maximum absolute atomic E-state index is 11.6. The van der Waals surface area contributed by atoms with Gasteiger partial charge < -0.3 is 14.8 Å². The highest BCUT2D eigenvalue weighted by Crippen LogP contribution is 2.12. The van der Waals surface area contributed by atoms with Gasteiger partial charge in [-0.2, -0.15) is 0 Å². The molecule has 1 heterocycles. The summed E-state index contributed by atoms with van der Waals surface area (Å²) >= 11 is 0. The van der Waals surface area contributed by atoms with E-state index in [2.05, 4.69) is 10.3 Å². The number of methoxy groups -OCH3 is 1. The molecule has 0 bridgehead atoms. The van der Waals surface area contributed by atoms with Crippen LogP contribution in [0.2, 0.25) is 0 Å². The van der Waals surface area contributed by atoms with E-state index in [0.29, 0.717) is 6.42 Å². The SMILES string of the molecule is COc1cncc(/C=C/C[C@H](C)NC(=O)OC(C)(C)C)c1. The van der Waals surface area contributed by atoms with E-state index in [1.807, 2.05) is 45.9 Å². The third-order valence-electron chi connectivity index (χ3n) is 2.53. The van der Waals surface area contributed by atoms with Crippen LogP contribution in [0.15, 0.2) is 24.5 Å². The molecular formula is C16H24N2O3. The van der Waals surface area contributed by atoms with E-state index in [1.54, 1.807) is 19.5 Å². The van der Waals surface area contributed by atoms with E-state index < -0.39 is 11.7 Å². The summed E-state index contributed by atoms with van der Waals surface area (Å²) in [5.41, 5.74) is 0.477. The number of alkyl carbamates (subject to hydrolysis) is 1. The third kappa shape index (κ3) is 7.34. The first-order valence-electron chi connectivity index (χ1n) is 6.95. The topological polar surface area (TPSA) is 60.5 Å². The molecular weight excluding hydrogens is 268 g/mol. The van der Waals surface area contributed by atoms with Crippen LogP contribution in [0.4, 0.5) is 4.79 Å². The number of hydrogen-bond acceptors (Lipinski definition) is 4. The Kier molecular flexibility index (Phi) is 6.21. The molecule has 1 aromatic rings. The number of nitrogens with one attached hydrogen (secondary N) is 1. The van der Waals surface area contributed by atoms with E-state index in [1.165, 1.54) is 0 Å². The molecule has 0 saturated carbocycles. The first-order valence-corrected chi connectivity index (χ1v) is 6.95. The molecule has 5 nitrogen and oxygen atoms in total. The van der Waals surface area contributed by atoms with Gasteiger partial charge in [-0.05, 0) is 45.7 Å². The average molecular weight is 292 g/mol. The monoisotopic (exact) mass is 292 g/mol. The molecule has 21 heavy (non-hydrogen) atoms. The summed E-state index contributed by atoms with van der Waals surface area (Å²) in [6.07, 6.45) is 7.65. The number of aromatic nitrogens is 1. The van der Waals surface area contributed by atoms with Crippen molar-refractivity contribution in [2.45, 2.75) is 45.8 Å². The predicted molar refractivity (Wildman–Crippen MR) is 83.3 cm³/mol. The van der Waals surface area contributed by atoms with Crippen LogP contribution in [0.3, 0.4) is 0 Å². The lowest BCUT2D eigenvalue weighted by Crippen LogP contribution is -2.37. The van der Waals surface area contributed by atoms with Crippen molar-refractivity contribution in [1.82, 2.24) is 10.3 Å². The molecule has 1 atom stereocenters. The van der Waals surface area contributed by atoms with Gasteiger partial charge in [-0.3, -0.25) is 4.98 Å². The zero-order valence-corrected chi connectivity index (χ0v) is 13.3. The Labute approximate surface area is 126 Å². The summed E-state index contributed by atoms with van der Waals surface area (Å²) < 4.78 is 10.3. The molecule has 1 N–H and O–H groups in total. The summed E-state index contributed by atoms with van der Waals surface area (Å²) in [6, 6.07) is 1.89. The smallest absolute Gasteiger partial charge is 0.407 e. The standard InChI is InChI=1S/C16H24N2O3/c1-12(18-15(19)21-16(2,3)4)7-6-8-13-9-14(20-5)11-17-10-13/h6,8-12H,7H2,1-5H3,(H,18,19)/b8-6+/t12-/m0/s1. The molecule has 0 spiro atoms. The number of pyridine rings is 1. The Balaban J connectivity index is 2.43. The Bertz CT molecular complexity index is 493. The van der Waals surface area contributed by atoms with Gasteiger partial charge in [0.05, 0.1) is 13.3 Å². The first kappa shape index (κ1) is 17.0. The summed E-state index contributed by atoms with van der Waals surface area (Å²) in [7, 11) is 1.61. The lowest BCUT2D eigenvalue weighted by atomic mass is 10.2. The van der Waals surface area contributed by atoms with Crippen LogP contribution in [-0.4, -0.2) is 29.8 Å². The van der Waals surface area contributed by atoms with Gasteiger partial charge in [0.2, 0.25) is 0 Å². The molecule has 0 radical (unpaired) electrons. The zero-order valence-electron chi connectivity index (χ0n) is 13.3. The zero-order chi connectivity index (χ0) is 15.9. The van der Waals surface area contributed by atoms with Crippen molar-refractivity contribution in [2.24, 2.45) is 0 Å². The minimum atomic E-state index is -0.480. The normalized spacial score (nSPS) is 13.0. The van der Waals surface area contributed by atoms with Crippen LogP contribution >= 0.6 is 0 Å². The average Bonchev–Trinajstić information content (AvgIpc) is 2.36.